The Labute approximate surface area is 146 Å². The Morgan fingerprint density at radius 1 is 1.08 bits per heavy atom. The lowest BCUT2D eigenvalue weighted by Gasteiger charge is -2.23. The fourth-order valence-electron chi connectivity index (χ4n) is 4.25. The summed E-state index contributed by atoms with van der Waals surface area (Å²) >= 11 is 0. The zero-order chi connectivity index (χ0) is 17.0. The maximum Gasteiger partial charge on any atom is 0.185 e. The number of nitrogens with one attached hydrogen (secondary N) is 1. The molecular weight excluding hydrogens is 318 g/mol. The predicted molar refractivity (Wildman–Crippen MR) is 98.9 cm³/mol. The number of benzene rings is 1. The monoisotopic (exact) mass is 347 g/mol. The van der Waals surface area contributed by atoms with Crippen molar-refractivity contribution in [1.29, 1.82) is 0 Å². The topological polar surface area (TPSA) is 46.2 Å². The summed E-state index contributed by atoms with van der Waals surface area (Å²) in [5.41, 5.74) is 1.25. The van der Waals surface area contributed by atoms with Crippen molar-refractivity contribution in [3.05, 3.63) is 42.5 Å². The molecule has 1 atom stereocenters. The van der Waals surface area contributed by atoms with Crippen LogP contribution in [0.2, 0.25) is 0 Å². The van der Waals surface area contributed by atoms with Gasteiger partial charge < -0.3 is 5.32 Å². The Balaban J connectivity index is 1.72. The number of sulfone groups is 1. The first-order chi connectivity index (χ1) is 11.6. The molecule has 0 spiro atoms. The number of piperidine rings is 1. The molecule has 1 saturated heterocycles. The minimum absolute atomic E-state index is 0.238. The molecule has 2 fully saturated rings. The Kier molecular flexibility index (Phi) is 5.77. The van der Waals surface area contributed by atoms with Gasteiger partial charge in [-0.25, -0.2) is 8.42 Å². The second-order valence-corrected chi connectivity index (χ2v) is 9.44. The van der Waals surface area contributed by atoms with Gasteiger partial charge in [0.2, 0.25) is 0 Å². The van der Waals surface area contributed by atoms with Crippen LogP contribution in [0.15, 0.2) is 41.8 Å². The molecule has 0 bridgehead atoms. The van der Waals surface area contributed by atoms with Crippen LogP contribution in [0.5, 0.6) is 0 Å². The number of hydrogen-bond donors (Lipinski definition) is 1. The third kappa shape index (κ3) is 3.92. The lowest BCUT2D eigenvalue weighted by atomic mass is 9.91. The third-order valence-electron chi connectivity index (χ3n) is 5.69. The zero-order valence-corrected chi connectivity index (χ0v) is 15.2. The highest BCUT2D eigenvalue weighted by molar-refractivity contribution is 7.92. The van der Waals surface area contributed by atoms with Gasteiger partial charge in [-0.2, -0.15) is 0 Å². The molecule has 0 aromatic heterocycles. The number of hydrogen-bond acceptors (Lipinski definition) is 3. The van der Waals surface area contributed by atoms with Crippen molar-refractivity contribution in [3.8, 4) is 0 Å². The van der Waals surface area contributed by atoms with Crippen LogP contribution < -0.4 is 5.32 Å². The molecule has 1 saturated carbocycles. The molecule has 1 N–H and O–H groups in total. The summed E-state index contributed by atoms with van der Waals surface area (Å²) in [7, 11) is -3.31. The van der Waals surface area contributed by atoms with Crippen LogP contribution in [-0.4, -0.2) is 26.8 Å². The summed E-state index contributed by atoms with van der Waals surface area (Å²) in [5, 5.41) is 2.95. The van der Waals surface area contributed by atoms with Crippen LogP contribution in [0, 0.1) is 11.8 Å². The van der Waals surface area contributed by atoms with Crippen LogP contribution in [0.1, 0.15) is 44.1 Å². The average molecular weight is 348 g/mol. The van der Waals surface area contributed by atoms with Crippen molar-refractivity contribution in [1.82, 2.24) is 5.32 Å². The Hall–Kier alpha value is -1.13. The Bertz CT molecular complexity index is 639. The van der Waals surface area contributed by atoms with Gasteiger partial charge in [0.05, 0.1) is 10.1 Å². The summed E-state index contributed by atoms with van der Waals surface area (Å²) < 4.78 is 25.9. The van der Waals surface area contributed by atoms with E-state index in [0.29, 0.717) is 10.8 Å². The molecule has 1 aromatic carbocycles. The second kappa shape index (κ2) is 7.83. The highest BCUT2D eigenvalue weighted by Gasteiger charge is 2.33. The molecule has 0 radical (unpaired) electrons. The van der Waals surface area contributed by atoms with E-state index in [9.17, 15) is 8.42 Å². The highest BCUT2D eigenvalue weighted by atomic mass is 32.2. The van der Waals surface area contributed by atoms with Crippen molar-refractivity contribution in [2.75, 3.05) is 13.1 Å². The maximum absolute atomic E-state index is 13.0. The highest BCUT2D eigenvalue weighted by Crippen LogP contribution is 2.34. The number of rotatable bonds is 6. The van der Waals surface area contributed by atoms with Gasteiger partial charge in [0, 0.05) is 0 Å². The predicted octanol–water partition coefficient (Wildman–Crippen LogP) is 3.75. The summed E-state index contributed by atoms with van der Waals surface area (Å²) in [4.78, 5) is 0.452. The van der Waals surface area contributed by atoms with E-state index in [1.165, 1.54) is 18.4 Å². The standard InChI is InChI=1S/C20H29NO2S/c1-2-20(18-5-3-4-6-18)24(22,23)19-9-7-16(8-10-19)15-17-11-13-21-14-12-17/h2,7-10,17-18,20-21H,1,3-6,11-15H2. The first kappa shape index (κ1) is 17.7. The molecule has 24 heavy (non-hydrogen) atoms. The minimum atomic E-state index is -3.31. The first-order valence-corrected chi connectivity index (χ1v) is 10.8. The van der Waals surface area contributed by atoms with E-state index in [1.54, 1.807) is 18.2 Å². The molecule has 1 aliphatic carbocycles. The van der Waals surface area contributed by atoms with Gasteiger partial charge in [0.1, 0.15) is 0 Å². The van der Waals surface area contributed by atoms with Crippen molar-refractivity contribution in [2.45, 2.75) is 55.1 Å². The van der Waals surface area contributed by atoms with Gasteiger partial charge in [0.25, 0.3) is 0 Å². The third-order valence-corrected chi connectivity index (χ3v) is 7.91. The lowest BCUT2D eigenvalue weighted by molar-refractivity contribution is 0.372. The zero-order valence-electron chi connectivity index (χ0n) is 14.4. The summed E-state index contributed by atoms with van der Waals surface area (Å²) in [6, 6.07) is 7.61. The smallest absolute Gasteiger partial charge is 0.185 e. The van der Waals surface area contributed by atoms with Crippen molar-refractivity contribution >= 4 is 9.84 Å². The summed E-state index contributed by atoms with van der Waals surface area (Å²) in [6.07, 6.45) is 9.40. The quantitative estimate of drug-likeness (QED) is 0.797. The molecule has 4 heteroatoms. The Morgan fingerprint density at radius 2 is 1.71 bits per heavy atom. The van der Waals surface area contributed by atoms with Gasteiger partial charge in [-0.05, 0) is 74.7 Å². The van der Waals surface area contributed by atoms with Crippen molar-refractivity contribution < 1.29 is 8.42 Å². The molecule has 2 aliphatic rings. The van der Waals surface area contributed by atoms with Gasteiger partial charge in [-0.3, -0.25) is 0 Å². The maximum atomic E-state index is 13.0. The first-order valence-electron chi connectivity index (χ1n) is 9.27. The molecular formula is C20H29NO2S. The fourth-order valence-corrected chi connectivity index (χ4v) is 6.11. The minimum Gasteiger partial charge on any atom is -0.317 e. The molecule has 1 heterocycles. The average Bonchev–Trinajstić information content (AvgIpc) is 3.11. The van der Waals surface area contributed by atoms with E-state index in [1.807, 2.05) is 12.1 Å². The van der Waals surface area contributed by atoms with E-state index in [2.05, 4.69) is 11.9 Å². The van der Waals surface area contributed by atoms with Crippen molar-refractivity contribution in [2.24, 2.45) is 11.8 Å². The molecule has 1 aliphatic heterocycles. The van der Waals surface area contributed by atoms with Crippen LogP contribution >= 0.6 is 0 Å². The van der Waals surface area contributed by atoms with Crippen LogP contribution in [0.4, 0.5) is 0 Å². The molecule has 132 valence electrons. The van der Waals surface area contributed by atoms with Gasteiger partial charge in [0.15, 0.2) is 9.84 Å². The fraction of sp³-hybridized carbons (Fsp3) is 0.600. The van der Waals surface area contributed by atoms with E-state index < -0.39 is 15.1 Å². The molecule has 3 nitrogen and oxygen atoms in total. The van der Waals surface area contributed by atoms with Crippen molar-refractivity contribution in [3.63, 3.8) is 0 Å². The van der Waals surface area contributed by atoms with Gasteiger partial charge in [-0.1, -0.05) is 31.1 Å². The SMILES string of the molecule is C=CC(C1CCCC1)S(=O)(=O)c1ccc(CC2CCNCC2)cc1. The molecule has 1 aromatic rings. The van der Waals surface area contributed by atoms with E-state index in [4.69, 9.17) is 0 Å². The molecule has 3 rings (SSSR count). The van der Waals surface area contributed by atoms with E-state index in [0.717, 1.165) is 45.2 Å². The normalized spacial score (nSPS) is 21.7. The molecule has 0 amide bonds. The van der Waals surface area contributed by atoms with Gasteiger partial charge >= 0.3 is 0 Å². The largest absolute Gasteiger partial charge is 0.317 e. The summed E-state index contributed by atoms with van der Waals surface area (Å²) in [6.45, 7) is 6.00. The second-order valence-electron chi connectivity index (χ2n) is 7.33. The van der Waals surface area contributed by atoms with Crippen LogP contribution in [0.25, 0.3) is 0 Å². The van der Waals surface area contributed by atoms with Gasteiger partial charge in [-0.15, -0.1) is 6.58 Å². The van der Waals surface area contributed by atoms with E-state index in [-0.39, 0.29) is 5.92 Å². The molecule has 1 unspecified atom stereocenters. The van der Waals surface area contributed by atoms with E-state index >= 15 is 0 Å². The summed E-state index contributed by atoms with van der Waals surface area (Å²) in [5.74, 6) is 0.954. The lowest BCUT2D eigenvalue weighted by Crippen LogP contribution is -2.28. The Morgan fingerprint density at radius 3 is 2.29 bits per heavy atom. The van der Waals surface area contributed by atoms with Crippen LogP contribution in [-0.2, 0) is 16.3 Å². The van der Waals surface area contributed by atoms with Crippen LogP contribution in [0.3, 0.4) is 0 Å².